The van der Waals surface area contributed by atoms with Crippen LogP contribution in [0.1, 0.15) is 18.6 Å². The zero-order valence-corrected chi connectivity index (χ0v) is 15.3. The van der Waals surface area contributed by atoms with Crippen molar-refractivity contribution in [1.29, 1.82) is 0 Å². The second kappa shape index (κ2) is 9.61. The van der Waals surface area contributed by atoms with Crippen molar-refractivity contribution in [3.8, 4) is 11.5 Å². The Morgan fingerprint density at radius 2 is 2.04 bits per heavy atom. The van der Waals surface area contributed by atoms with Crippen molar-refractivity contribution < 1.29 is 24.5 Å². The van der Waals surface area contributed by atoms with E-state index in [0.717, 1.165) is 0 Å². The lowest BCUT2D eigenvalue weighted by Crippen LogP contribution is -2.21. The molecular weight excluding hydrogens is 348 g/mol. The number of nitrogen functional groups attached to an aromatic ring is 1. The van der Waals surface area contributed by atoms with Crippen molar-refractivity contribution >= 4 is 17.3 Å². The maximum absolute atomic E-state index is 12.1. The van der Waals surface area contributed by atoms with Crippen LogP contribution in [0.5, 0.6) is 11.5 Å². The quantitative estimate of drug-likeness (QED) is 0.418. The average molecular weight is 372 g/mol. The number of phenols is 1. The minimum absolute atomic E-state index is 0.0921. The molecule has 0 spiro atoms. The first kappa shape index (κ1) is 20.3. The van der Waals surface area contributed by atoms with Gasteiger partial charge in [-0.2, -0.15) is 0 Å². The number of carbonyl (C=O) groups is 1. The number of ether oxygens (including phenoxy) is 2. The van der Waals surface area contributed by atoms with E-state index in [1.54, 1.807) is 43.3 Å². The summed E-state index contributed by atoms with van der Waals surface area (Å²) in [5, 5.41) is 23.1. The lowest BCUT2D eigenvalue weighted by atomic mass is 10.0. The summed E-state index contributed by atoms with van der Waals surface area (Å²) in [5.74, 6) is -0.192. The van der Waals surface area contributed by atoms with Gasteiger partial charge in [0.05, 0.1) is 18.5 Å². The van der Waals surface area contributed by atoms with Crippen LogP contribution >= 0.6 is 0 Å². The summed E-state index contributed by atoms with van der Waals surface area (Å²) in [5.41, 5.74) is 7.19. The van der Waals surface area contributed by atoms with E-state index in [2.05, 4.69) is 5.32 Å². The van der Waals surface area contributed by atoms with Crippen LogP contribution in [-0.4, -0.2) is 35.9 Å². The van der Waals surface area contributed by atoms with Gasteiger partial charge in [0.1, 0.15) is 12.2 Å². The third kappa shape index (κ3) is 5.47. The van der Waals surface area contributed by atoms with Crippen molar-refractivity contribution in [3.05, 3.63) is 60.2 Å². The fraction of sp³-hybridized carbons (Fsp3) is 0.250. The van der Waals surface area contributed by atoms with Crippen LogP contribution in [0.4, 0.5) is 11.4 Å². The van der Waals surface area contributed by atoms with Crippen LogP contribution in [-0.2, 0) is 9.53 Å². The Labute approximate surface area is 158 Å². The van der Waals surface area contributed by atoms with E-state index in [1.165, 1.54) is 25.3 Å². The first-order chi connectivity index (χ1) is 13.0. The van der Waals surface area contributed by atoms with Crippen molar-refractivity contribution in [3.63, 3.8) is 0 Å². The number of aliphatic hydroxyl groups is 1. The Balaban J connectivity index is 2.11. The molecule has 5 N–H and O–H groups in total. The van der Waals surface area contributed by atoms with Gasteiger partial charge in [-0.05, 0) is 42.8 Å². The first-order valence-electron chi connectivity index (χ1n) is 8.46. The molecule has 0 aliphatic rings. The van der Waals surface area contributed by atoms with Gasteiger partial charge >= 0.3 is 0 Å². The molecule has 7 heteroatoms. The summed E-state index contributed by atoms with van der Waals surface area (Å²) in [6.45, 7) is 2.12. The molecule has 2 aromatic carbocycles. The van der Waals surface area contributed by atoms with Crippen LogP contribution in [0.15, 0.2) is 54.6 Å². The van der Waals surface area contributed by atoms with Crippen molar-refractivity contribution in [2.24, 2.45) is 0 Å². The highest BCUT2D eigenvalue weighted by Crippen LogP contribution is 2.30. The van der Waals surface area contributed by atoms with Gasteiger partial charge in [-0.3, -0.25) is 4.79 Å². The molecule has 0 unspecified atom stereocenters. The molecule has 0 saturated carbocycles. The molecule has 2 aromatic rings. The number of aromatic hydroxyl groups is 1. The SMILES string of the molecule is CCO[C@@H](/C=C/C(=O)Nc1ccccc1N)[C@@H](O)c1ccc(OC)c(O)c1. The van der Waals surface area contributed by atoms with Gasteiger partial charge in [0.15, 0.2) is 11.5 Å². The molecule has 0 aliphatic heterocycles. The first-order valence-corrected chi connectivity index (χ1v) is 8.46. The lowest BCUT2D eigenvalue weighted by Gasteiger charge is -2.20. The van der Waals surface area contributed by atoms with Gasteiger partial charge in [-0.1, -0.05) is 18.2 Å². The Bertz CT molecular complexity index is 807. The summed E-state index contributed by atoms with van der Waals surface area (Å²) in [6, 6.07) is 11.5. The number of phenolic OH excluding ortho intramolecular Hbond substituents is 1. The van der Waals surface area contributed by atoms with E-state index in [0.29, 0.717) is 29.3 Å². The monoisotopic (exact) mass is 372 g/mol. The number of nitrogens with two attached hydrogens (primary N) is 1. The summed E-state index contributed by atoms with van der Waals surface area (Å²) in [7, 11) is 1.44. The molecule has 0 fully saturated rings. The van der Waals surface area contributed by atoms with E-state index >= 15 is 0 Å². The predicted octanol–water partition coefficient (Wildman–Crippen LogP) is 2.62. The Morgan fingerprint density at radius 1 is 1.30 bits per heavy atom. The molecule has 0 aromatic heterocycles. The molecule has 0 radical (unpaired) electrons. The van der Waals surface area contributed by atoms with Crippen LogP contribution in [0.3, 0.4) is 0 Å². The Hall–Kier alpha value is -3.03. The molecule has 0 saturated heterocycles. The number of hydrogen-bond donors (Lipinski definition) is 4. The van der Waals surface area contributed by atoms with E-state index < -0.39 is 18.1 Å². The minimum atomic E-state index is -1.08. The van der Waals surface area contributed by atoms with Crippen LogP contribution in [0, 0.1) is 0 Å². The summed E-state index contributed by atoms with van der Waals surface area (Å²) >= 11 is 0. The zero-order chi connectivity index (χ0) is 19.8. The van der Waals surface area contributed by atoms with E-state index in [4.69, 9.17) is 15.2 Å². The number of rotatable bonds is 8. The predicted molar refractivity (Wildman–Crippen MR) is 104 cm³/mol. The smallest absolute Gasteiger partial charge is 0.248 e. The molecule has 0 heterocycles. The molecule has 144 valence electrons. The summed E-state index contributed by atoms with van der Waals surface area (Å²) in [4.78, 5) is 12.1. The van der Waals surface area contributed by atoms with Gasteiger partial charge in [-0.15, -0.1) is 0 Å². The molecule has 0 bridgehead atoms. The summed E-state index contributed by atoms with van der Waals surface area (Å²) in [6.07, 6.45) is 0.887. The standard InChI is InChI=1S/C20H24N2O5/c1-3-27-18(20(25)13-8-9-17(26-2)16(23)12-13)10-11-19(24)22-15-7-5-4-6-14(15)21/h4-12,18,20,23,25H,3,21H2,1-2H3,(H,22,24)/b11-10+/t18-,20-/m0/s1. The number of hydrogen-bond acceptors (Lipinski definition) is 6. The number of methoxy groups -OCH3 is 1. The minimum Gasteiger partial charge on any atom is -0.504 e. The maximum atomic E-state index is 12.1. The van der Waals surface area contributed by atoms with E-state index in [1.807, 2.05) is 0 Å². The van der Waals surface area contributed by atoms with Gasteiger partial charge in [-0.25, -0.2) is 0 Å². The van der Waals surface area contributed by atoms with Crippen LogP contribution < -0.4 is 15.8 Å². The highest BCUT2D eigenvalue weighted by atomic mass is 16.5. The fourth-order valence-corrected chi connectivity index (χ4v) is 2.49. The van der Waals surface area contributed by atoms with E-state index in [9.17, 15) is 15.0 Å². The number of benzene rings is 2. The highest BCUT2D eigenvalue weighted by molar-refractivity contribution is 6.01. The van der Waals surface area contributed by atoms with Gasteiger partial charge in [0.25, 0.3) is 0 Å². The number of amides is 1. The Morgan fingerprint density at radius 3 is 2.67 bits per heavy atom. The largest absolute Gasteiger partial charge is 0.504 e. The van der Waals surface area contributed by atoms with E-state index in [-0.39, 0.29) is 5.75 Å². The molecule has 7 nitrogen and oxygen atoms in total. The molecule has 2 atom stereocenters. The number of nitrogens with one attached hydrogen (secondary N) is 1. The normalized spacial score (nSPS) is 13.3. The molecule has 1 amide bonds. The fourth-order valence-electron chi connectivity index (χ4n) is 2.49. The second-order valence-electron chi connectivity index (χ2n) is 5.73. The van der Waals surface area contributed by atoms with Crippen molar-refractivity contribution in [2.45, 2.75) is 19.1 Å². The number of aliphatic hydroxyl groups excluding tert-OH is 1. The third-order valence-electron chi connectivity index (χ3n) is 3.87. The van der Waals surface area contributed by atoms with Gasteiger partial charge in [0, 0.05) is 12.7 Å². The highest BCUT2D eigenvalue weighted by Gasteiger charge is 2.20. The molecule has 27 heavy (non-hydrogen) atoms. The number of anilines is 2. The molecular formula is C20H24N2O5. The Kier molecular flexibility index (Phi) is 7.22. The average Bonchev–Trinajstić information content (AvgIpc) is 2.66. The van der Waals surface area contributed by atoms with Crippen LogP contribution in [0.25, 0.3) is 0 Å². The topological polar surface area (TPSA) is 114 Å². The number of para-hydroxylation sites is 2. The van der Waals surface area contributed by atoms with Crippen molar-refractivity contribution in [2.75, 3.05) is 24.8 Å². The molecule has 0 aliphatic carbocycles. The lowest BCUT2D eigenvalue weighted by molar-refractivity contribution is -0.112. The van der Waals surface area contributed by atoms with Gasteiger partial charge < -0.3 is 30.7 Å². The third-order valence-corrected chi connectivity index (χ3v) is 3.87. The molecule has 2 rings (SSSR count). The zero-order valence-electron chi connectivity index (χ0n) is 15.3. The maximum Gasteiger partial charge on any atom is 0.248 e. The van der Waals surface area contributed by atoms with Gasteiger partial charge in [0.2, 0.25) is 5.91 Å². The number of carbonyl (C=O) groups excluding carboxylic acids is 1. The second-order valence-corrected chi connectivity index (χ2v) is 5.73. The van der Waals surface area contributed by atoms with Crippen molar-refractivity contribution in [1.82, 2.24) is 0 Å². The summed E-state index contributed by atoms with van der Waals surface area (Å²) < 4.78 is 10.5. The van der Waals surface area contributed by atoms with Crippen LogP contribution in [0.2, 0.25) is 0 Å².